The molecule has 0 amide bonds. The Morgan fingerprint density at radius 2 is 1.63 bits per heavy atom. The first-order chi connectivity index (χ1) is 8.98. The van der Waals surface area contributed by atoms with Crippen LogP contribution in [0.15, 0.2) is 0 Å². The first kappa shape index (κ1) is 18.9. The Bertz CT molecular complexity index is 190. The average molecular weight is 271 g/mol. The van der Waals surface area contributed by atoms with E-state index in [1.807, 2.05) is 0 Å². The molecule has 0 spiro atoms. The van der Waals surface area contributed by atoms with E-state index in [1.54, 1.807) is 0 Å². The van der Waals surface area contributed by atoms with Gasteiger partial charge >= 0.3 is 0 Å². The summed E-state index contributed by atoms with van der Waals surface area (Å²) in [5, 5.41) is 3.52. The molecule has 0 saturated carbocycles. The number of hydrogen-bond acceptors (Lipinski definition) is 2. The summed E-state index contributed by atoms with van der Waals surface area (Å²) in [6.07, 6.45) is 8.02. The lowest BCUT2D eigenvalue weighted by Gasteiger charge is -2.25. The van der Waals surface area contributed by atoms with Crippen LogP contribution in [0, 0.1) is 11.3 Å². The molecule has 0 aromatic rings. The molecule has 0 aliphatic heterocycles. The number of nitrogens with one attached hydrogen (secondary N) is 1. The predicted molar refractivity (Wildman–Crippen MR) is 85.7 cm³/mol. The van der Waals surface area contributed by atoms with Crippen molar-refractivity contribution in [2.45, 2.75) is 73.1 Å². The van der Waals surface area contributed by atoms with Crippen molar-refractivity contribution < 1.29 is 4.74 Å². The third-order valence-electron chi connectivity index (χ3n) is 3.29. The van der Waals surface area contributed by atoms with Crippen molar-refractivity contribution >= 4 is 0 Å². The summed E-state index contributed by atoms with van der Waals surface area (Å²) < 4.78 is 5.82. The standard InChI is InChI=1S/C17H37NO/c1-6-7-8-9-10-11-12-19-15-17(4,5)14-18-13-16(2)3/h16,18H,6-15H2,1-5H3. The molecule has 0 heterocycles. The third-order valence-corrected chi connectivity index (χ3v) is 3.29. The van der Waals surface area contributed by atoms with Crippen molar-refractivity contribution in [1.82, 2.24) is 5.32 Å². The lowest BCUT2D eigenvalue weighted by atomic mass is 9.94. The van der Waals surface area contributed by atoms with Crippen molar-refractivity contribution in [1.29, 1.82) is 0 Å². The maximum absolute atomic E-state index is 5.82. The van der Waals surface area contributed by atoms with E-state index in [1.165, 1.54) is 38.5 Å². The van der Waals surface area contributed by atoms with Crippen LogP contribution in [0.25, 0.3) is 0 Å². The van der Waals surface area contributed by atoms with Gasteiger partial charge in [-0.3, -0.25) is 0 Å². The van der Waals surface area contributed by atoms with Crippen LogP contribution in [0.4, 0.5) is 0 Å². The summed E-state index contributed by atoms with van der Waals surface area (Å²) in [4.78, 5) is 0. The summed E-state index contributed by atoms with van der Waals surface area (Å²) in [5.74, 6) is 0.722. The van der Waals surface area contributed by atoms with Crippen molar-refractivity contribution in [3.05, 3.63) is 0 Å². The molecule has 0 atom stereocenters. The summed E-state index contributed by atoms with van der Waals surface area (Å²) in [7, 11) is 0. The van der Waals surface area contributed by atoms with Crippen LogP contribution in [-0.2, 0) is 4.74 Å². The lowest BCUT2D eigenvalue weighted by Crippen LogP contribution is -2.35. The average Bonchev–Trinajstić information content (AvgIpc) is 2.31. The van der Waals surface area contributed by atoms with Gasteiger partial charge in [0.1, 0.15) is 0 Å². The van der Waals surface area contributed by atoms with Crippen LogP contribution in [-0.4, -0.2) is 26.3 Å². The molecular formula is C17H37NO. The second kappa shape index (κ2) is 11.7. The Morgan fingerprint density at radius 1 is 1.00 bits per heavy atom. The van der Waals surface area contributed by atoms with Crippen molar-refractivity contribution in [3.63, 3.8) is 0 Å². The Kier molecular flexibility index (Phi) is 11.7. The van der Waals surface area contributed by atoms with Gasteiger partial charge in [0.15, 0.2) is 0 Å². The first-order valence-electron chi connectivity index (χ1n) is 8.26. The molecule has 0 rings (SSSR count). The Hall–Kier alpha value is -0.0800. The number of ether oxygens (including phenoxy) is 1. The Morgan fingerprint density at radius 3 is 2.26 bits per heavy atom. The monoisotopic (exact) mass is 271 g/mol. The Labute approximate surface area is 121 Å². The van der Waals surface area contributed by atoms with E-state index in [0.29, 0.717) is 0 Å². The smallest absolute Gasteiger partial charge is 0.0529 e. The second-order valence-corrected chi connectivity index (χ2v) is 7.01. The van der Waals surface area contributed by atoms with Crippen molar-refractivity contribution in [2.24, 2.45) is 11.3 Å². The summed E-state index contributed by atoms with van der Waals surface area (Å²) in [6.45, 7) is 15.3. The van der Waals surface area contributed by atoms with Gasteiger partial charge in [-0.15, -0.1) is 0 Å². The van der Waals surface area contributed by atoms with E-state index in [0.717, 1.165) is 32.2 Å². The molecule has 0 unspecified atom stereocenters. The van der Waals surface area contributed by atoms with E-state index >= 15 is 0 Å². The molecule has 0 fully saturated rings. The van der Waals surface area contributed by atoms with Gasteiger partial charge in [0.25, 0.3) is 0 Å². The fourth-order valence-corrected chi connectivity index (χ4v) is 2.08. The molecule has 0 saturated heterocycles. The molecule has 19 heavy (non-hydrogen) atoms. The van der Waals surface area contributed by atoms with Crippen LogP contribution < -0.4 is 5.32 Å². The highest BCUT2D eigenvalue weighted by Gasteiger charge is 2.17. The zero-order valence-electron chi connectivity index (χ0n) is 14.1. The summed E-state index contributed by atoms with van der Waals surface area (Å²) >= 11 is 0. The van der Waals surface area contributed by atoms with Crippen LogP contribution in [0.2, 0.25) is 0 Å². The van der Waals surface area contributed by atoms with Crippen molar-refractivity contribution in [3.8, 4) is 0 Å². The summed E-state index contributed by atoms with van der Waals surface area (Å²) in [6, 6.07) is 0. The zero-order chi connectivity index (χ0) is 14.6. The van der Waals surface area contributed by atoms with Crippen LogP contribution in [0.5, 0.6) is 0 Å². The first-order valence-corrected chi connectivity index (χ1v) is 8.26. The summed E-state index contributed by atoms with van der Waals surface area (Å²) in [5.41, 5.74) is 0.247. The largest absolute Gasteiger partial charge is 0.381 e. The maximum Gasteiger partial charge on any atom is 0.0529 e. The van der Waals surface area contributed by atoms with Crippen LogP contribution in [0.3, 0.4) is 0 Å². The molecule has 116 valence electrons. The van der Waals surface area contributed by atoms with E-state index in [4.69, 9.17) is 4.74 Å². The molecule has 0 aliphatic carbocycles. The quantitative estimate of drug-likeness (QED) is 0.493. The van der Waals surface area contributed by atoms with Gasteiger partial charge in [0, 0.05) is 18.6 Å². The minimum Gasteiger partial charge on any atom is -0.381 e. The SMILES string of the molecule is CCCCCCCCOCC(C)(C)CNCC(C)C. The van der Waals surface area contributed by atoms with Gasteiger partial charge in [0.05, 0.1) is 6.61 Å². The predicted octanol–water partition coefficient (Wildman–Crippen LogP) is 4.64. The minimum atomic E-state index is 0.247. The Balaban J connectivity index is 3.37. The van der Waals surface area contributed by atoms with Crippen molar-refractivity contribution in [2.75, 3.05) is 26.3 Å². The molecule has 2 heteroatoms. The van der Waals surface area contributed by atoms with Gasteiger partial charge in [-0.05, 0) is 18.9 Å². The third kappa shape index (κ3) is 14.1. The molecule has 1 N–H and O–H groups in total. The molecule has 0 bridgehead atoms. The van der Waals surface area contributed by atoms with Gasteiger partial charge in [-0.25, -0.2) is 0 Å². The maximum atomic E-state index is 5.82. The lowest BCUT2D eigenvalue weighted by molar-refractivity contribution is 0.0594. The van der Waals surface area contributed by atoms with E-state index in [2.05, 4.69) is 39.9 Å². The zero-order valence-corrected chi connectivity index (χ0v) is 14.1. The minimum absolute atomic E-state index is 0.247. The molecule has 0 aliphatic rings. The van der Waals surface area contributed by atoms with Gasteiger partial charge in [0.2, 0.25) is 0 Å². The fraction of sp³-hybridized carbons (Fsp3) is 1.00. The van der Waals surface area contributed by atoms with E-state index < -0.39 is 0 Å². The van der Waals surface area contributed by atoms with Gasteiger partial charge < -0.3 is 10.1 Å². The molecule has 2 nitrogen and oxygen atoms in total. The topological polar surface area (TPSA) is 21.3 Å². The van der Waals surface area contributed by atoms with Gasteiger partial charge in [-0.2, -0.15) is 0 Å². The molecule has 0 aromatic heterocycles. The molecule has 0 radical (unpaired) electrons. The number of rotatable bonds is 13. The van der Waals surface area contributed by atoms with Gasteiger partial charge in [-0.1, -0.05) is 66.7 Å². The second-order valence-electron chi connectivity index (χ2n) is 7.01. The van der Waals surface area contributed by atoms with E-state index in [9.17, 15) is 0 Å². The normalized spacial score (nSPS) is 12.3. The number of unbranched alkanes of at least 4 members (excludes halogenated alkanes) is 5. The fourth-order valence-electron chi connectivity index (χ4n) is 2.08. The highest BCUT2D eigenvalue weighted by atomic mass is 16.5. The van der Waals surface area contributed by atoms with Crippen LogP contribution >= 0.6 is 0 Å². The molecule has 0 aromatic carbocycles. The molecular weight excluding hydrogens is 234 g/mol. The highest BCUT2D eigenvalue weighted by molar-refractivity contribution is 4.71. The van der Waals surface area contributed by atoms with Crippen LogP contribution in [0.1, 0.15) is 73.1 Å². The van der Waals surface area contributed by atoms with E-state index in [-0.39, 0.29) is 5.41 Å². The number of hydrogen-bond donors (Lipinski definition) is 1. The highest BCUT2D eigenvalue weighted by Crippen LogP contribution is 2.14.